The summed E-state index contributed by atoms with van der Waals surface area (Å²) < 4.78 is 1.69. The molecule has 0 bridgehead atoms. The summed E-state index contributed by atoms with van der Waals surface area (Å²) in [6, 6.07) is 0. The Bertz CT molecular complexity index is 383. The van der Waals surface area contributed by atoms with Crippen LogP contribution in [-0.4, -0.2) is 22.3 Å². The van der Waals surface area contributed by atoms with E-state index in [1.165, 1.54) is 0 Å². The maximum absolute atomic E-state index is 11.8. The molecule has 0 saturated heterocycles. The second-order valence-electron chi connectivity index (χ2n) is 4.31. The van der Waals surface area contributed by atoms with Gasteiger partial charge in [-0.2, -0.15) is 5.10 Å². The molecule has 1 N–H and O–H groups in total. The number of carbonyl (C=O) groups excluding carboxylic acids is 1. The van der Waals surface area contributed by atoms with Crippen molar-refractivity contribution in [2.24, 2.45) is 13.0 Å². The number of aromatic nitrogens is 2. The van der Waals surface area contributed by atoms with Crippen LogP contribution in [0.1, 0.15) is 35.6 Å². The molecule has 1 rings (SSSR count). The lowest BCUT2D eigenvalue weighted by atomic mass is 10.2. The topological polar surface area (TPSA) is 56.2 Å². The Morgan fingerprint density at radius 2 is 2.12 bits per heavy atom. The van der Waals surface area contributed by atoms with Crippen LogP contribution in [0.2, 0.25) is 0 Å². The molecule has 0 fully saturated rings. The van der Waals surface area contributed by atoms with Gasteiger partial charge in [-0.3, -0.25) is 14.3 Å². The number of hydrogen-bond acceptors (Lipinski definition) is 3. The molecule has 1 amide bonds. The lowest BCUT2D eigenvalue weighted by Gasteiger charge is -2.07. The van der Waals surface area contributed by atoms with Gasteiger partial charge in [0.2, 0.25) is 0 Å². The molecule has 0 unspecified atom stereocenters. The Morgan fingerprint density at radius 3 is 2.56 bits per heavy atom. The summed E-state index contributed by atoms with van der Waals surface area (Å²) in [4.78, 5) is 16.9. The second-order valence-corrected chi connectivity index (χ2v) is 4.31. The average Bonchev–Trinajstić information content (AvgIpc) is 2.40. The van der Waals surface area contributed by atoms with Crippen LogP contribution in [0.3, 0.4) is 0 Å². The van der Waals surface area contributed by atoms with E-state index >= 15 is 0 Å². The van der Waals surface area contributed by atoms with E-state index in [0.717, 1.165) is 5.69 Å². The minimum Gasteiger partial charge on any atom is -0.273 e. The van der Waals surface area contributed by atoms with Crippen LogP contribution in [0, 0.1) is 19.8 Å². The van der Waals surface area contributed by atoms with Crippen molar-refractivity contribution in [3.8, 4) is 0 Å². The summed E-state index contributed by atoms with van der Waals surface area (Å²) in [5, 5.41) is 4.18. The van der Waals surface area contributed by atoms with Crippen LogP contribution in [0.4, 0.5) is 0 Å². The number of carbonyl (C=O) groups is 1. The Kier molecular flexibility index (Phi) is 4.06. The summed E-state index contributed by atoms with van der Waals surface area (Å²) in [6.07, 6.45) is 0. The molecule has 1 heterocycles. The Morgan fingerprint density at radius 1 is 1.50 bits per heavy atom. The third-order valence-corrected chi connectivity index (χ3v) is 2.32. The second kappa shape index (κ2) is 5.12. The number of aryl methyl sites for hydroxylation is 2. The molecule has 0 aromatic carbocycles. The minimum atomic E-state index is -0.233. The highest BCUT2D eigenvalue weighted by atomic mass is 16.6. The Balaban J connectivity index is 2.66. The highest BCUT2D eigenvalue weighted by molar-refractivity contribution is 5.95. The number of hydrogen-bond donors (Lipinski definition) is 1. The highest BCUT2D eigenvalue weighted by Crippen LogP contribution is 2.11. The first kappa shape index (κ1) is 12.7. The van der Waals surface area contributed by atoms with Crippen molar-refractivity contribution in [1.29, 1.82) is 0 Å². The fourth-order valence-electron chi connectivity index (χ4n) is 1.43. The monoisotopic (exact) mass is 225 g/mol. The van der Waals surface area contributed by atoms with Gasteiger partial charge in [0.05, 0.1) is 17.9 Å². The van der Waals surface area contributed by atoms with Gasteiger partial charge in [0.15, 0.2) is 0 Å². The third kappa shape index (κ3) is 2.82. The molecule has 16 heavy (non-hydrogen) atoms. The van der Waals surface area contributed by atoms with E-state index in [0.29, 0.717) is 23.8 Å². The van der Waals surface area contributed by atoms with E-state index in [-0.39, 0.29) is 5.91 Å². The van der Waals surface area contributed by atoms with Gasteiger partial charge in [-0.1, -0.05) is 13.8 Å². The van der Waals surface area contributed by atoms with E-state index in [1.807, 2.05) is 34.7 Å². The SMILES string of the molecule is Cc1nn(C)c(C)c1C(=O)NOCC(C)C. The molecule has 0 aliphatic rings. The van der Waals surface area contributed by atoms with Crippen LogP contribution in [0.25, 0.3) is 0 Å². The quantitative estimate of drug-likeness (QED) is 0.787. The predicted octanol–water partition coefficient (Wildman–Crippen LogP) is 1.35. The molecule has 1 aromatic heterocycles. The van der Waals surface area contributed by atoms with E-state index in [2.05, 4.69) is 10.6 Å². The van der Waals surface area contributed by atoms with Crippen LogP contribution in [-0.2, 0) is 11.9 Å². The summed E-state index contributed by atoms with van der Waals surface area (Å²) in [7, 11) is 1.81. The zero-order valence-electron chi connectivity index (χ0n) is 10.5. The van der Waals surface area contributed by atoms with Crippen molar-refractivity contribution in [2.45, 2.75) is 27.7 Å². The molecule has 1 aromatic rings. The largest absolute Gasteiger partial charge is 0.278 e. The van der Waals surface area contributed by atoms with Gasteiger partial charge in [0, 0.05) is 12.7 Å². The van der Waals surface area contributed by atoms with Crippen molar-refractivity contribution in [1.82, 2.24) is 15.3 Å². The summed E-state index contributed by atoms with van der Waals surface area (Å²) in [6.45, 7) is 8.21. The molecule has 0 aliphatic heterocycles. The summed E-state index contributed by atoms with van der Waals surface area (Å²) in [5.41, 5.74) is 4.57. The standard InChI is InChI=1S/C11H19N3O2/c1-7(2)6-16-13-11(15)10-8(3)12-14(5)9(10)4/h7H,6H2,1-5H3,(H,13,15). The number of nitrogens with one attached hydrogen (secondary N) is 1. The third-order valence-electron chi connectivity index (χ3n) is 2.32. The summed E-state index contributed by atoms with van der Waals surface area (Å²) in [5.74, 6) is 0.153. The van der Waals surface area contributed by atoms with Gasteiger partial charge < -0.3 is 0 Å². The van der Waals surface area contributed by atoms with E-state index in [9.17, 15) is 4.79 Å². The Hall–Kier alpha value is -1.36. The maximum Gasteiger partial charge on any atom is 0.278 e. The normalized spacial score (nSPS) is 10.9. The van der Waals surface area contributed by atoms with Crippen molar-refractivity contribution in [2.75, 3.05) is 6.61 Å². The zero-order valence-corrected chi connectivity index (χ0v) is 10.5. The number of nitrogens with zero attached hydrogens (tertiary/aromatic N) is 2. The summed E-state index contributed by atoms with van der Waals surface area (Å²) >= 11 is 0. The van der Waals surface area contributed by atoms with Crippen molar-refractivity contribution >= 4 is 5.91 Å². The number of amides is 1. The smallest absolute Gasteiger partial charge is 0.273 e. The first-order valence-electron chi connectivity index (χ1n) is 5.35. The van der Waals surface area contributed by atoms with Crippen molar-refractivity contribution in [3.63, 3.8) is 0 Å². The zero-order chi connectivity index (χ0) is 12.3. The van der Waals surface area contributed by atoms with Crippen molar-refractivity contribution in [3.05, 3.63) is 17.0 Å². The highest BCUT2D eigenvalue weighted by Gasteiger charge is 2.17. The lowest BCUT2D eigenvalue weighted by Crippen LogP contribution is -2.26. The van der Waals surface area contributed by atoms with Gasteiger partial charge in [0.1, 0.15) is 0 Å². The van der Waals surface area contributed by atoms with Gasteiger partial charge in [-0.15, -0.1) is 0 Å². The fraction of sp³-hybridized carbons (Fsp3) is 0.636. The number of rotatable bonds is 4. The average molecular weight is 225 g/mol. The molecule has 0 atom stereocenters. The molecule has 0 aliphatic carbocycles. The van der Waals surface area contributed by atoms with E-state index < -0.39 is 0 Å². The molecule has 5 heteroatoms. The molecular formula is C11H19N3O2. The molecule has 0 radical (unpaired) electrons. The molecule has 90 valence electrons. The minimum absolute atomic E-state index is 0.233. The van der Waals surface area contributed by atoms with Gasteiger partial charge >= 0.3 is 0 Å². The molecular weight excluding hydrogens is 206 g/mol. The Labute approximate surface area is 95.7 Å². The van der Waals surface area contributed by atoms with Crippen LogP contribution < -0.4 is 5.48 Å². The van der Waals surface area contributed by atoms with Gasteiger partial charge in [0.25, 0.3) is 5.91 Å². The maximum atomic E-state index is 11.8. The first-order valence-corrected chi connectivity index (χ1v) is 5.35. The van der Waals surface area contributed by atoms with Crippen LogP contribution >= 0.6 is 0 Å². The molecule has 5 nitrogen and oxygen atoms in total. The van der Waals surface area contributed by atoms with Gasteiger partial charge in [-0.25, -0.2) is 5.48 Å². The number of hydroxylamine groups is 1. The fourth-order valence-corrected chi connectivity index (χ4v) is 1.43. The van der Waals surface area contributed by atoms with E-state index in [1.54, 1.807) is 4.68 Å². The van der Waals surface area contributed by atoms with E-state index in [4.69, 9.17) is 4.84 Å². The van der Waals surface area contributed by atoms with Crippen LogP contribution in [0.5, 0.6) is 0 Å². The van der Waals surface area contributed by atoms with Crippen LogP contribution in [0.15, 0.2) is 0 Å². The van der Waals surface area contributed by atoms with Crippen molar-refractivity contribution < 1.29 is 9.63 Å². The van der Waals surface area contributed by atoms with Gasteiger partial charge in [-0.05, 0) is 19.8 Å². The first-order chi connectivity index (χ1) is 7.43. The lowest BCUT2D eigenvalue weighted by molar-refractivity contribution is 0.0207. The molecule has 0 saturated carbocycles. The molecule has 0 spiro atoms. The predicted molar refractivity (Wildman–Crippen MR) is 60.9 cm³/mol.